The van der Waals surface area contributed by atoms with Crippen LogP contribution in [0.2, 0.25) is 0 Å². The maximum Gasteiger partial charge on any atom is 0.182 e. The number of aromatic nitrogens is 7. The molecular formula is C55H33N7. The van der Waals surface area contributed by atoms with Crippen LogP contribution in [0.25, 0.3) is 122 Å². The highest BCUT2D eigenvalue weighted by molar-refractivity contribution is 6.07. The molecule has 0 bridgehead atoms. The number of rotatable bonds is 6. The molecule has 0 fully saturated rings. The van der Waals surface area contributed by atoms with Gasteiger partial charge in [0.15, 0.2) is 17.5 Å². The summed E-state index contributed by atoms with van der Waals surface area (Å²) in [6, 6.07) is 66.6. The van der Waals surface area contributed by atoms with Gasteiger partial charge in [-0.1, -0.05) is 158 Å². The van der Waals surface area contributed by atoms with Crippen molar-refractivity contribution in [3.05, 3.63) is 200 Å². The summed E-state index contributed by atoms with van der Waals surface area (Å²) in [7, 11) is 0. The molecule has 0 N–H and O–H groups in total. The molecule has 5 heterocycles. The van der Waals surface area contributed by atoms with Crippen LogP contribution in [0, 0.1) is 0 Å². The second kappa shape index (κ2) is 14.6. The van der Waals surface area contributed by atoms with Crippen molar-refractivity contribution >= 4 is 54.4 Å². The molecule has 0 aliphatic carbocycles. The number of pyridine rings is 4. The average Bonchev–Trinajstić information content (AvgIpc) is 3.35. The van der Waals surface area contributed by atoms with E-state index in [4.69, 9.17) is 29.9 Å². The minimum absolute atomic E-state index is 0.515. The normalized spacial score (nSPS) is 11.5. The zero-order chi connectivity index (χ0) is 41.0. The van der Waals surface area contributed by atoms with Crippen LogP contribution in [0.3, 0.4) is 0 Å². The molecule has 7 aromatic carbocycles. The molecule has 7 nitrogen and oxygen atoms in total. The van der Waals surface area contributed by atoms with Crippen LogP contribution in [0.4, 0.5) is 0 Å². The molecule has 5 aromatic heterocycles. The number of hydrogen-bond donors (Lipinski definition) is 0. The molecule has 7 heteroatoms. The number of fused-ring (bicyclic) bond motifs is 6. The number of benzene rings is 7. The van der Waals surface area contributed by atoms with E-state index in [2.05, 4.69) is 126 Å². The first-order valence-electron chi connectivity index (χ1n) is 20.5. The van der Waals surface area contributed by atoms with Crippen LogP contribution in [-0.2, 0) is 0 Å². The van der Waals surface area contributed by atoms with Crippen LogP contribution in [0.5, 0.6) is 0 Å². The Morgan fingerprint density at radius 3 is 1.52 bits per heavy atom. The van der Waals surface area contributed by atoms with E-state index in [1.54, 1.807) is 0 Å². The molecule has 0 spiro atoms. The topological polar surface area (TPSA) is 90.2 Å². The van der Waals surface area contributed by atoms with E-state index in [0.717, 1.165) is 99.2 Å². The summed E-state index contributed by atoms with van der Waals surface area (Å²) in [4.78, 5) is 34.9. The Morgan fingerprint density at radius 2 is 0.790 bits per heavy atom. The summed E-state index contributed by atoms with van der Waals surface area (Å²) >= 11 is 0. The highest BCUT2D eigenvalue weighted by Crippen LogP contribution is 2.37. The van der Waals surface area contributed by atoms with Crippen LogP contribution >= 0.6 is 0 Å². The molecular weight excluding hydrogens is 759 g/mol. The maximum absolute atomic E-state index is 5.23. The van der Waals surface area contributed by atoms with Gasteiger partial charge in [-0.25, -0.2) is 29.9 Å². The van der Waals surface area contributed by atoms with Crippen molar-refractivity contribution in [2.24, 2.45) is 0 Å². The Morgan fingerprint density at radius 1 is 0.274 bits per heavy atom. The zero-order valence-corrected chi connectivity index (χ0v) is 33.2. The quantitative estimate of drug-likeness (QED) is 0.155. The summed E-state index contributed by atoms with van der Waals surface area (Å²) in [6.45, 7) is 0. The smallest absolute Gasteiger partial charge is 0.182 e. The number of hydrogen-bond acceptors (Lipinski definition) is 7. The van der Waals surface area contributed by atoms with E-state index in [0.29, 0.717) is 23.2 Å². The van der Waals surface area contributed by atoms with Crippen molar-refractivity contribution in [1.29, 1.82) is 0 Å². The zero-order valence-electron chi connectivity index (χ0n) is 33.2. The fourth-order valence-corrected chi connectivity index (χ4v) is 8.42. The minimum Gasteiger partial charge on any atom is -0.254 e. The minimum atomic E-state index is 0.515. The molecule has 0 radical (unpaired) electrons. The van der Waals surface area contributed by atoms with Gasteiger partial charge in [0.2, 0.25) is 0 Å². The Bertz CT molecular complexity index is 3640. The van der Waals surface area contributed by atoms with E-state index < -0.39 is 0 Å². The van der Waals surface area contributed by atoms with Gasteiger partial charge in [0.05, 0.1) is 33.5 Å². The average molecular weight is 792 g/mol. The summed E-state index contributed by atoms with van der Waals surface area (Å²) in [6.07, 6.45) is 1.83. The van der Waals surface area contributed by atoms with E-state index in [9.17, 15) is 0 Å². The SMILES string of the molecule is c1ccc(-c2nc(-c3ccccc3)nc(-c3ccc4ccc(-c5ccc6ccc(-c7ccc(-c8ccc9ccc%10cccnc%10c9n8)c8ccccc78)cc6n5)cc4n3)n2)cc1. The highest BCUT2D eigenvalue weighted by atomic mass is 15.0. The highest BCUT2D eigenvalue weighted by Gasteiger charge is 2.16. The lowest BCUT2D eigenvalue weighted by molar-refractivity contribution is 1.06. The Kier molecular flexibility index (Phi) is 8.35. The Labute approximate surface area is 356 Å². The molecule has 12 rings (SSSR count). The first-order chi connectivity index (χ1) is 30.7. The van der Waals surface area contributed by atoms with Crippen molar-refractivity contribution in [1.82, 2.24) is 34.9 Å². The third kappa shape index (κ3) is 6.28. The van der Waals surface area contributed by atoms with Crippen molar-refractivity contribution in [2.75, 3.05) is 0 Å². The molecule has 0 amide bonds. The van der Waals surface area contributed by atoms with E-state index in [-0.39, 0.29) is 0 Å². The molecule has 0 atom stereocenters. The first-order valence-corrected chi connectivity index (χ1v) is 20.5. The molecule has 0 aliphatic heterocycles. The van der Waals surface area contributed by atoms with E-state index in [1.807, 2.05) is 79.0 Å². The summed E-state index contributed by atoms with van der Waals surface area (Å²) < 4.78 is 0. The van der Waals surface area contributed by atoms with Gasteiger partial charge in [0.25, 0.3) is 0 Å². The number of nitrogens with zero attached hydrogens (tertiary/aromatic N) is 7. The third-order valence-corrected chi connectivity index (χ3v) is 11.6. The Hall–Kier alpha value is -8.55. The second-order valence-corrected chi connectivity index (χ2v) is 15.4. The molecule has 0 saturated heterocycles. The van der Waals surface area contributed by atoms with Crippen molar-refractivity contribution in [2.45, 2.75) is 0 Å². The largest absolute Gasteiger partial charge is 0.254 e. The van der Waals surface area contributed by atoms with Crippen molar-refractivity contribution in [3.63, 3.8) is 0 Å². The fraction of sp³-hybridized carbons (Fsp3) is 0. The van der Waals surface area contributed by atoms with Crippen molar-refractivity contribution in [3.8, 4) is 67.9 Å². The standard InChI is InChI=1S/C55H33N7/c1-3-10-38(11-4-1)53-60-54(39-12-5-2-6-13-39)62-55(61-53)48-30-24-35-18-22-41(33-50(35)58-48)46-28-23-34-17-21-40(32-49(34)57-46)42-26-27-45(44-16-8-7-15-43(42)44)47-29-25-37-20-19-36-14-9-31-56-51(36)52(37)59-47/h1-33H. The van der Waals surface area contributed by atoms with Crippen LogP contribution in [-0.4, -0.2) is 34.9 Å². The first kappa shape index (κ1) is 35.4. The summed E-state index contributed by atoms with van der Waals surface area (Å²) in [5, 5.41) is 6.53. The molecule has 12 aromatic rings. The molecule has 0 aliphatic rings. The van der Waals surface area contributed by atoms with Gasteiger partial charge in [-0.2, -0.15) is 0 Å². The molecule has 0 saturated carbocycles. The predicted molar refractivity (Wildman–Crippen MR) is 251 cm³/mol. The Balaban J connectivity index is 0.912. The lowest BCUT2D eigenvalue weighted by Gasteiger charge is -2.13. The van der Waals surface area contributed by atoms with Gasteiger partial charge in [0, 0.05) is 50.0 Å². The second-order valence-electron chi connectivity index (χ2n) is 15.4. The van der Waals surface area contributed by atoms with E-state index in [1.165, 1.54) is 0 Å². The molecule has 288 valence electrons. The molecule has 0 unspecified atom stereocenters. The lowest BCUT2D eigenvalue weighted by atomic mass is 9.93. The maximum atomic E-state index is 5.23. The van der Waals surface area contributed by atoms with Crippen LogP contribution < -0.4 is 0 Å². The summed E-state index contributed by atoms with van der Waals surface area (Å²) in [5.41, 5.74) is 12.1. The molecule has 62 heavy (non-hydrogen) atoms. The monoisotopic (exact) mass is 791 g/mol. The van der Waals surface area contributed by atoms with Gasteiger partial charge < -0.3 is 0 Å². The van der Waals surface area contributed by atoms with E-state index >= 15 is 0 Å². The third-order valence-electron chi connectivity index (χ3n) is 11.6. The lowest BCUT2D eigenvalue weighted by Crippen LogP contribution is -2.01. The fourth-order valence-electron chi connectivity index (χ4n) is 8.42. The van der Waals surface area contributed by atoms with Gasteiger partial charge in [-0.15, -0.1) is 0 Å². The van der Waals surface area contributed by atoms with Gasteiger partial charge in [-0.05, 0) is 58.3 Å². The van der Waals surface area contributed by atoms with Gasteiger partial charge in [-0.3, -0.25) is 4.98 Å². The van der Waals surface area contributed by atoms with Gasteiger partial charge in [0.1, 0.15) is 5.69 Å². The van der Waals surface area contributed by atoms with Crippen molar-refractivity contribution < 1.29 is 0 Å². The predicted octanol–water partition coefficient (Wildman–Crippen LogP) is 13.2. The summed E-state index contributed by atoms with van der Waals surface area (Å²) in [5.74, 6) is 1.71. The van der Waals surface area contributed by atoms with Crippen LogP contribution in [0.1, 0.15) is 0 Å². The van der Waals surface area contributed by atoms with Gasteiger partial charge >= 0.3 is 0 Å². The van der Waals surface area contributed by atoms with Crippen LogP contribution in [0.15, 0.2) is 200 Å².